The zero-order valence-corrected chi connectivity index (χ0v) is 20.4. The number of fused-ring (bicyclic) bond motifs is 1. The van der Waals surface area contributed by atoms with Gasteiger partial charge in [0, 0.05) is 24.5 Å². The van der Waals surface area contributed by atoms with Crippen molar-refractivity contribution >= 4 is 40.6 Å². The highest BCUT2D eigenvalue weighted by Crippen LogP contribution is 2.39. The molecule has 0 bridgehead atoms. The average Bonchev–Trinajstić information content (AvgIpc) is 3.11. The third kappa shape index (κ3) is 4.74. The molecule has 1 amide bonds. The number of nitrogens with one attached hydrogen (secondary N) is 1. The van der Waals surface area contributed by atoms with Gasteiger partial charge in [-0.1, -0.05) is 29.8 Å². The Morgan fingerprint density at radius 3 is 2.53 bits per heavy atom. The SMILES string of the molecule is CCOC(=O)C1CC[NH+](CN2C(=O)C(=Nc3cc(Cl)c(OC)cc3OC)c3ccccc32)CC1. The molecule has 1 saturated heterocycles. The summed E-state index contributed by atoms with van der Waals surface area (Å²) in [4.78, 5) is 33.3. The van der Waals surface area contributed by atoms with E-state index in [4.69, 9.17) is 25.8 Å². The zero-order chi connectivity index (χ0) is 24.2. The summed E-state index contributed by atoms with van der Waals surface area (Å²) in [7, 11) is 3.06. The van der Waals surface area contributed by atoms with Crippen LogP contribution in [0.3, 0.4) is 0 Å². The number of para-hydroxylation sites is 1. The molecule has 2 heterocycles. The first-order valence-electron chi connectivity index (χ1n) is 11.4. The van der Waals surface area contributed by atoms with E-state index in [0.29, 0.717) is 41.2 Å². The van der Waals surface area contributed by atoms with Crippen molar-refractivity contribution in [2.24, 2.45) is 10.9 Å². The number of hydrogen-bond acceptors (Lipinski definition) is 6. The van der Waals surface area contributed by atoms with Crippen LogP contribution in [0.4, 0.5) is 11.4 Å². The van der Waals surface area contributed by atoms with E-state index < -0.39 is 0 Å². The Morgan fingerprint density at radius 2 is 1.85 bits per heavy atom. The standard InChI is InChI=1S/C25H28ClN3O5/c1-4-34-25(31)16-9-11-28(12-10-16)15-29-20-8-6-5-7-17(20)23(24(29)30)27-19-13-18(26)21(32-2)14-22(19)33-3/h5-8,13-14,16H,4,9-12,15H2,1-3H3/p+1. The molecule has 1 fully saturated rings. The zero-order valence-electron chi connectivity index (χ0n) is 19.6. The fourth-order valence-electron chi connectivity index (χ4n) is 4.48. The first-order valence-corrected chi connectivity index (χ1v) is 11.8. The molecule has 2 aliphatic heterocycles. The average molecular weight is 487 g/mol. The van der Waals surface area contributed by atoms with Gasteiger partial charge in [-0.2, -0.15) is 0 Å². The summed E-state index contributed by atoms with van der Waals surface area (Å²) in [6.45, 7) is 4.32. The molecule has 0 saturated carbocycles. The van der Waals surface area contributed by atoms with Crippen LogP contribution in [-0.4, -0.2) is 58.2 Å². The number of likely N-dealkylation sites (tertiary alicyclic amines) is 1. The van der Waals surface area contributed by atoms with Gasteiger partial charge in [0.15, 0.2) is 6.67 Å². The van der Waals surface area contributed by atoms with E-state index in [1.165, 1.54) is 19.1 Å². The number of nitrogens with zero attached hydrogens (tertiary/aromatic N) is 2. The molecule has 0 atom stereocenters. The summed E-state index contributed by atoms with van der Waals surface area (Å²) in [5.41, 5.74) is 2.39. The maximum absolute atomic E-state index is 13.5. The number of hydrogen-bond donors (Lipinski definition) is 1. The third-order valence-corrected chi connectivity index (χ3v) is 6.57. The molecule has 8 nitrogen and oxygen atoms in total. The number of aliphatic imine (C=N–C) groups is 1. The van der Waals surface area contributed by atoms with Crippen molar-refractivity contribution in [1.29, 1.82) is 0 Å². The van der Waals surface area contributed by atoms with Crippen LogP contribution >= 0.6 is 11.6 Å². The number of anilines is 1. The van der Waals surface area contributed by atoms with Crippen molar-refractivity contribution in [2.75, 3.05) is 45.5 Å². The summed E-state index contributed by atoms with van der Waals surface area (Å²) in [6.07, 6.45) is 1.50. The molecule has 0 radical (unpaired) electrons. The minimum absolute atomic E-state index is 0.0605. The molecule has 0 aromatic heterocycles. The molecule has 0 aliphatic carbocycles. The van der Waals surface area contributed by atoms with Gasteiger partial charge in [-0.05, 0) is 19.1 Å². The van der Waals surface area contributed by atoms with Crippen LogP contribution in [-0.2, 0) is 14.3 Å². The number of piperidine rings is 1. The van der Waals surface area contributed by atoms with Crippen molar-refractivity contribution in [1.82, 2.24) is 0 Å². The molecule has 2 aliphatic rings. The van der Waals surface area contributed by atoms with Crippen LogP contribution in [0.25, 0.3) is 0 Å². The number of benzene rings is 2. The largest absolute Gasteiger partial charge is 0.495 e. The van der Waals surface area contributed by atoms with Gasteiger partial charge < -0.3 is 19.1 Å². The first-order chi connectivity index (χ1) is 16.5. The van der Waals surface area contributed by atoms with Crippen LogP contribution in [0, 0.1) is 5.92 Å². The smallest absolute Gasteiger partial charge is 0.309 e. The molecule has 2 aromatic rings. The van der Waals surface area contributed by atoms with E-state index in [0.717, 1.165) is 37.2 Å². The summed E-state index contributed by atoms with van der Waals surface area (Å²) >= 11 is 6.31. The second-order valence-electron chi connectivity index (χ2n) is 8.30. The van der Waals surface area contributed by atoms with Crippen molar-refractivity contribution in [2.45, 2.75) is 19.8 Å². The van der Waals surface area contributed by atoms with E-state index in [1.54, 1.807) is 17.0 Å². The number of halogens is 1. The summed E-state index contributed by atoms with van der Waals surface area (Å²) < 4.78 is 15.9. The van der Waals surface area contributed by atoms with Crippen LogP contribution in [0.5, 0.6) is 11.5 Å². The first kappa shape index (κ1) is 24.0. The van der Waals surface area contributed by atoms with Gasteiger partial charge in [-0.25, -0.2) is 4.99 Å². The Balaban J connectivity index is 1.58. The van der Waals surface area contributed by atoms with Crippen LogP contribution < -0.4 is 19.3 Å². The molecule has 1 N–H and O–H groups in total. The third-order valence-electron chi connectivity index (χ3n) is 6.28. The molecule has 4 rings (SSSR count). The van der Waals surface area contributed by atoms with Crippen LogP contribution in [0.15, 0.2) is 41.4 Å². The lowest BCUT2D eigenvalue weighted by Gasteiger charge is -2.30. The van der Waals surface area contributed by atoms with Gasteiger partial charge in [0.1, 0.15) is 22.9 Å². The van der Waals surface area contributed by atoms with E-state index >= 15 is 0 Å². The summed E-state index contributed by atoms with van der Waals surface area (Å²) in [5.74, 6) is 0.580. The number of esters is 1. The molecule has 34 heavy (non-hydrogen) atoms. The van der Waals surface area contributed by atoms with Gasteiger partial charge in [0.25, 0.3) is 5.91 Å². The predicted octanol–water partition coefficient (Wildman–Crippen LogP) is 2.64. The van der Waals surface area contributed by atoms with Gasteiger partial charge >= 0.3 is 5.97 Å². The second kappa shape index (κ2) is 10.4. The number of ether oxygens (including phenoxy) is 3. The normalized spacial score (nSPS) is 20.9. The van der Waals surface area contributed by atoms with Gasteiger partial charge in [-0.15, -0.1) is 0 Å². The highest BCUT2D eigenvalue weighted by atomic mass is 35.5. The lowest BCUT2D eigenvalue weighted by Crippen LogP contribution is -3.14. The minimum atomic E-state index is -0.171. The van der Waals surface area contributed by atoms with Crippen molar-refractivity contribution < 1.29 is 28.7 Å². The maximum atomic E-state index is 13.5. The van der Waals surface area contributed by atoms with Crippen molar-refractivity contribution in [3.63, 3.8) is 0 Å². The molecule has 180 valence electrons. The van der Waals surface area contributed by atoms with Gasteiger partial charge in [-0.3, -0.25) is 14.5 Å². The number of carbonyl (C=O) groups excluding carboxylic acids is 2. The quantitative estimate of drug-likeness (QED) is 0.608. The Morgan fingerprint density at radius 1 is 1.15 bits per heavy atom. The van der Waals surface area contributed by atoms with Gasteiger partial charge in [0.2, 0.25) is 0 Å². The highest BCUT2D eigenvalue weighted by Gasteiger charge is 2.38. The Hall–Kier alpha value is -3.10. The fraction of sp³-hybridized carbons (Fsp3) is 0.400. The second-order valence-corrected chi connectivity index (χ2v) is 8.71. The predicted molar refractivity (Wildman–Crippen MR) is 130 cm³/mol. The summed E-state index contributed by atoms with van der Waals surface area (Å²) in [6, 6.07) is 10.9. The fourth-order valence-corrected chi connectivity index (χ4v) is 4.72. The van der Waals surface area contributed by atoms with Crippen LogP contribution in [0.2, 0.25) is 5.02 Å². The molecule has 0 spiro atoms. The van der Waals surface area contributed by atoms with Gasteiger partial charge in [0.05, 0.1) is 50.5 Å². The van der Waals surface area contributed by atoms with E-state index in [1.807, 2.05) is 31.2 Å². The van der Waals surface area contributed by atoms with Crippen molar-refractivity contribution in [3.05, 3.63) is 47.0 Å². The number of amides is 1. The van der Waals surface area contributed by atoms with E-state index in [-0.39, 0.29) is 17.8 Å². The van der Waals surface area contributed by atoms with E-state index in [9.17, 15) is 9.59 Å². The monoisotopic (exact) mass is 486 g/mol. The Bertz CT molecular complexity index is 1110. The molecule has 2 aromatic carbocycles. The molecule has 9 heteroatoms. The van der Waals surface area contributed by atoms with E-state index in [2.05, 4.69) is 4.99 Å². The molecular weight excluding hydrogens is 458 g/mol. The number of methoxy groups -OCH3 is 2. The highest BCUT2D eigenvalue weighted by molar-refractivity contribution is 6.54. The minimum Gasteiger partial charge on any atom is -0.495 e. The van der Waals surface area contributed by atoms with Crippen molar-refractivity contribution in [3.8, 4) is 11.5 Å². The topological polar surface area (TPSA) is 81.9 Å². The Kier molecular flexibility index (Phi) is 7.38. The number of quaternary nitrogens is 1. The number of carbonyl (C=O) groups is 2. The maximum Gasteiger partial charge on any atom is 0.309 e. The lowest BCUT2D eigenvalue weighted by atomic mass is 9.97. The molecular formula is C25H29ClN3O5+. The lowest BCUT2D eigenvalue weighted by molar-refractivity contribution is -0.904. The Labute approximate surface area is 204 Å². The molecule has 0 unspecified atom stereocenters. The number of rotatable bonds is 7. The van der Waals surface area contributed by atoms with Crippen LogP contribution in [0.1, 0.15) is 25.3 Å². The summed E-state index contributed by atoms with van der Waals surface area (Å²) in [5, 5.41) is 0.382.